The van der Waals surface area contributed by atoms with Gasteiger partial charge in [-0.25, -0.2) is 4.39 Å². The number of rotatable bonds is 4. The van der Waals surface area contributed by atoms with Crippen LogP contribution < -0.4 is 5.32 Å². The summed E-state index contributed by atoms with van der Waals surface area (Å²) in [7, 11) is 0. The summed E-state index contributed by atoms with van der Waals surface area (Å²) in [6.45, 7) is 4.68. The number of benzene rings is 1. The van der Waals surface area contributed by atoms with E-state index in [9.17, 15) is 4.39 Å². The lowest BCUT2D eigenvalue weighted by molar-refractivity contribution is 0.392. The maximum absolute atomic E-state index is 13.5. The van der Waals surface area contributed by atoms with E-state index in [0.29, 0.717) is 23.7 Å². The second-order valence-corrected chi connectivity index (χ2v) is 4.51. The first-order valence-electron chi connectivity index (χ1n) is 5.65. The Hall–Kier alpha value is -1.39. The fraction of sp³-hybridized carbons (Fsp3) is 0.308. The standard InChI is InChI=1S/C13H14ClFN2O/c1-8-10(9(2)18-17-8)6-16-7-11-12(14)4-3-5-13(11)15/h3-5,16H,6-7H2,1-2H3. The zero-order valence-corrected chi connectivity index (χ0v) is 11.0. The van der Waals surface area contributed by atoms with E-state index < -0.39 is 0 Å². The van der Waals surface area contributed by atoms with Crippen molar-refractivity contribution >= 4 is 11.6 Å². The summed E-state index contributed by atoms with van der Waals surface area (Å²) >= 11 is 5.94. The summed E-state index contributed by atoms with van der Waals surface area (Å²) in [6, 6.07) is 4.67. The van der Waals surface area contributed by atoms with E-state index in [1.54, 1.807) is 12.1 Å². The highest BCUT2D eigenvalue weighted by atomic mass is 35.5. The average Bonchev–Trinajstić information content (AvgIpc) is 2.64. The van der Waals surface area contributed by atoms with Crippen molar-refractivity contribution in [3.8, 4) is 0 Å². The Morgan fingerprint density at radius 2 is 2.00 bits per heavy atom. The van der Waals surface area contributed by atoms with Gasteiger partial charge in [-0.1, -0.05) is 22.8 Å². The molecule has 96 valence electrons. The fourth-order valence-electron chi connectivity index (χ4n) is 1.77. The van der Waals surface area contributed by atoms with E-state index >= 15 is 0 Å². The molecule has 0 atom stereocenters. The molecule has 3 nitrogen and oxygen atoms in total. The van der Waals surface area contributed by atoms with E-state index in [1.807, 2.05) is 13.8 Å². The second kappa shape index (κ2) is 5.50. The van der Waals surface area contributed by atoms with Crippen molar-refractivity contribution in [1.29, 1.82) is 0 Å². The van der Waals surface area contributed by atoms with Crippen LogP contribution in [0.3, 0.4) is 0 Å². The van der Waals surface area contributed by atoms with Crippen LogP contribution in [0.25, 0.3) is 0 Å². The highest BCUT2D eigenvalue weighted by Gasteiger charge is 2.10. The van der Waals surface area contributed by atoms with E-state index in [0.717, 1.165) is 17.0 Å². The van der Waals surface area contributed by atoms with Crippen LogP contribution in [-0.4, -0.2) is 5.16 Å². The molecule has 2 rings (SSSR count). The third-order valence-corrected chi connectivity index (χ3v) is 3.20. The molecule has 0 unspecified atom stereocenters. The molecule has 1 aromatic carbocycles. The smallest absolute Gasteiger partial charge is 0.138 e. The lowest BCUT2D eigenvalue weighted by atomic mass is 10.2. The molecule has 2 aromatic rings. The van der Waals surface area contributed by atoms with Crippen LogP contribution >= 0.6 is 11.6 Å². The molecule has 1 heterocycles. The van der Waals surface area contributed by atoms with E-state index in [4.69, 9.17) is 16.1 Å². The predicted octanol–water partition coefficient (Wildman–Crippen LogP) is 3.37. The molecular weight excluding hydrogens is 255 g/mol. The second-order valence-electron chi connectivity index (χ2n) is 4.11. The molecule has 1 aromatic heterocycles. The lowest BCUT2D eigenvalue weighted by Crippen LogP contribution is -2.15. The summed E-state index contributed by atoms with van der Waals surface area (Å²) < 4.78 is 18.6. The molecule has 18 heavy (non-hydrogen) atoms. The van der Waals surface area contributed by atoms with Gasteiger partial charge >= 0.3 is 0 Å². The fourth-order valence-corrected chi connectivity index (χ4v) is 2.00. The van der Waals surface area contributed by atoms with Crippen LogP contribution in [0.1, 0.15) is 22.6 Å². The third-order valence-electron chi connectivity index (χ3n) is 2.85. The number of halogens is 2. The average molecular weight is 269 g/mol. The Morgan fingerprint density at radius 1 is 1.28 bits per heavy atom. The molecule has 0 aliphatic rings. The van der Waals surface area contributed by atoms with Gasteiger partial charge in [0, 0.05) is 29.2 Å². The molecule has 0 saturated heterocycles. The SMILES string of the molecule is Cc1noc(C)c1CNCc1c(F)cccc1Cl. The van der Waals surface area contributed by atoms with Gasteiger partial charge < -0.3 is 9.84 Å². The van der Waals surface area contributed by atoms with Gasteiger partial charge in [-0.2, -0.15) is 0 Å². The molecule has 5 heteroatoms. The molecule has 0 aliphatic heterocycles. The Bertz CT molecular complexity index is 514. The molecule has 0 bridgehead atoms. The molecule has 0 amide bonds. The van der Waals surface area contributed by atoms with Crippen molar-refractivity contribution in [2.45, 2.75) is 26.9 Å². The van der Waals surface area contributed by atoms with Crippen molar-refractivity contribution < 1.29 is 8.91 Å². The normalized spacial score (nSPS) is 10.9. The highest BCUT2D eigenvalue weighted by Crippen LogP contribution is 2.19. The first-order chi connectivity index (χ1) is 8.59. The summed E-state index contributed by atoms with van der Waals surface area (Å²) in [5.74, 6) is 0.480. The summed E-state index contributed by atoms with van der Waals surface area (Å²) in [6.07, 6.45) is 0. The number of hydrogen-bond acceptors (Lipinski definition) is 3. The van der Waals surface area contributed by atoms with Crippen LogP contribution in [0.2, 0.25) is 5.02 Å². The first kappa shape index (κ1) is 13.1. The maximum atomic E-state index is 13.5. The van der Waals surface area contributed by atoms with E-state index in [-0.39, 0.29) is 5.82 Å². The predicted molar refractivity (Wildman–Crippen MR) is 67.9 cm³/mol. The van der Waals surface area contributed by atoms with Crippen LogP contribution in [0.15, 0.2) is 22.7 Å². The van der Waals surface area contributed by atoms with Crippen molar-refractivity contribution in [3.63, 3.8) is 0 Å². The monoisotopic (exact) mass is 268 g/mol. The zero-order valence-electron chi connectivity index (χ0n) is 10.3. The minimum atomic E-state index is -0.297. The Kier molecular flexibility index (Phi) is 3.99. The van der Waals surface area contributed by atoms with Crippen LogP contribution in [-0.2, 0) is 13.1 Å². The number of nitrogens with zero attached hydrogens (tertiary/aromatic N) is 1. The van der Waals surface area contributed by atoms with E-state index in [2.05, 4.69) is 10.5 Å². The van der Waals surface area contributed by atoms with Gasteiger partial charge in [-0.15, -0.1) is 0 Å². The minimum Gasteiger partial charge on any atom is -0.361 e. The maximum Gasteiger partial charge on any atom is 0.138 e. The van der Waals surface area contributed by atoms with Crippen molar-refractivity contribution in [2.24, 2.45) is 0 Å². The minimum absolute atomic E-state index is 0.297. The Balaban J connectivity index is 2.01. The molecule has 0 fully saturated rings. The van der Waals surface area contributed by atoms with Crippen LogP contribution in [0, 0.1) is 19.7 Å². The molecule has 0 aliphatic carbocycles. The van der Waals surface area contributed by atoms with Gasteiger partial charge in [0.25, 0.3) is 0 Å². The molecule has 0 radical (unpaired) electrons. The molecule has 0 saturated carbocycles. The summed E-state index contributed by atoms with van der Waals surface area (Å²) in [5, 5.41) is 7.44. The topological polar surface area (TPSA) is 38.1 Å². The Morgan fingerprint density at radius 3 is 2.61 bits per heavy atom. The largest absolute Gasteiger partial charge is 0.361 e. The van der Waals surface area contributed by atoms with Gasteiger partial charge in [-0.3, -0.25) is 0 Å². The highest BCUT2D eigenvalue weighted by molar-refractivity contribution is 6.31. The van der Waals surface area contributed by atoms with Crippen molar-refractivity contribution in [1.82, 2.24) is 10.5 Å². The van der Waals surface area contributed by atoms with Crippen LogP contribution in [0.4, 0.5) is 4.39 Å². The first-order valence-corrected chi connectivity index (χ1v) is 6.02. The quantitative estimate of drug-likeness (QED) is 0.924. The molecular formula is C13H14ClFN2O. The van der Waals surface area contributed by atoms with Gasteiger partial charge in [-0.05, 0) is 26.0 Å². The number of aromatic nitrogens is 1. The van der Waals surface area contributed by atoms with Crippen LogP contribution in [0.5, 0.6) is 0 Å². The summed E-state index contributed by atoms with van der Waals surface area (Å²) in [5.41, 5.74) is 2.33. The Labute approximate surface area is 110 Å². The van der Waals surface area contributed by atoms with Gasteiger partial charge in [0.05, 0.1) is 5.69 Å². The molecule has 1 N–H and O–H groups in total. The van der Waals surface area contributed by atoms with Gasteiger partial charge in [0.2, 0.25) is 0 Å². The lowest BCUT2D eigenvalue weighted by Gasteiger charge is -2.07. The van der Waals surface area contributed by atoms with E-state index in [1.165, 1.54) is 6.07 Å². The zero-order chi connectivity index (χ0) is 13.1. The van der Waals surface area contributed by atoms with Crippen molar-refractivity contribution in [2.75, 3.05) is 0 Å². The number of nitrogens with one attached hydrogen (secondary N) is 1. The molecule has 0 spiro atoms. The summed E-state index contributed by atoms with van der Waals surface area (Å²) in [4.78, 5) is 0. The number of hydrogen-bond donors (Lipinski definition) is 1. The number of aryl methyl sites for hydroxylation is 2. The van der Waals surface area contributed by atoms with Gasteiger partial charge in [0.15, 0.2) is 0 Å². The third kappa shape index (κ3) is 2.71. The van der Waals surface area contributed by atoms with Gasteiger partial charge in [0.1, 0.15) is 11.6 Å². The van der Waals surface area contributed by atoms with Crippen molar-refractivity contribution in [3.05, 3.63) is 51.6 Å².